The van der Waals surface area contributed by atoms with Gasteiger partial charge in [-0.05, 0) is 48.3 Å². The zero-order valence-electron chi connectivity index (χ0n) is 14.0. The van der Waals surface area contributed by atoms with Crippen molar-refractivity contribution in [3.63, 3.8) is 0 Å². The number of nitrogens with zero attached hydrogens (tertiary/aromatic N) is 1. The van der Waals surface area contributed by atoms with Crippen LogP contribution in [0.3, 0.4) is 0 Å². The third-order valence-electron chi connectivity index (χ3n) is 4.23. The number of aromatic nitrogens is 1. The Morgan fingerprint density at radius 3 is 3.04 bits per heavy atom. The molecule has 5 nitrogen and oxygen atoms in total. The first-order valence-electron chi connectivity index (χ1n) is 8.10. The summed E-state index contributed by atoms with van der Waals surface area (Å²) in [5.41, 5.74) is 4.26. The van der Waals surface area contributed by atoms with Crippen LogP contribution in [0.2, 0.25) is 5.02 Å². The van der Waals surface area contributed by atoms with Gasteiger partial charge in [0.05, 0.1) is 22.8 Å². The molecular formula is C19H16ClN3O2S. The summed E-state index contributed by atoms with van der Waals surface area (Å²) >= 11 is 7.99. The van der Waals surface area contributed by atoms with Crippen molar-refractivity contribution in [1.82, 2.24) is 10.3 Å². The Hall–Kier alpha value is -2.28. The molecule has 1 aliphatic rings. The van der Waals surface area contributed by atoms with Gasteiger partial charge in [-0.2, -0.15) is 0 Å². The van der Waals surface area contributed by atoms with Crippen LogP contribution in [0.1, 0.15) is 10.4 Å². The Balaban J connectivity index is 1.79. The smallest absolute Gasteiger partial charge is 0.251 e. The topological polar surface area (TPSA) is 63.2 Å². The van der Waals surface area contributed by atoms with E-state index in [0.717, 1.165) is 32.6 Å². The highest BCUT2D eigenvalue weighted by atomic mass is 35.5. The van der Waals surface area contributed by atoms with Crippen LogP contribution in [0, 0.1) is 0 Å². The molecule has 0 atom stereocenters. The van der Waals surface area contributed by atoms with Crippen LogP contribution in [-0.2, 0) is 4.74 Å². The molecule has 26 heavy (non-hydrogen) atoms. The van der Waals surface area contributed by atoms with Gasteiger partial charge in [0.15, 0.2) is 0 Å². The third kappa shape index (κ3) is 3.00. The first kappa shape index (κ1) is 17.1. The highest BCUT2D eigenvalue weighted by Crippen LogP contribution is 2.46. The Morgan fingerprint density at radius 1 is 1.31 bits per heavy atom. The first-order chi connectivity index (χ1) is 12.7. The number of carbonyl (C=O) groups is 1. The molecule has 1 amide bonds. The number of amides is 1. The van der Waals surface area contributed by atoms with E-state index in [2.05, 4.69) is 15.0 Å². The second-order valence-corrected chi connectivity index (χ2v) is 7.10. The van der Waals surface area contributed by atoms with Crippen LogP contribution in [0.4, 0.5) is 5.69 Å². The van der Waals surface area contributed by atoms with Gasteiger partial charge >= 0.3 is 0 Å². The molecule has 2 N–H and O–H groups in total. The van der Waals surface area contributed by atoms with E-state index in [1.54, 1.807) is 13.3 Å². The number of fused-ring (bicyclic) bond motifs is 5. The largest absolute Gasteiger partial charge is 0.383 e. The van der Waals surface area contributed by atoms with Crippen LogP contribution >= 0.6 is 23.5 Å². The molecule has 0 aliphatic carbocycles. The third-order valence-corrected chi connectivity index (χ3v) is 5.42. The lowest BCUT2D eigenvalue weighted by Gasteiger charge is -2.22. The Kier molecular flexibility index (Phi) is 4.72. The van der Waals surface area contributed by atoms with E-state index in [9.17, 15) is 4.79 Å². The van der Waals surface area contributed by atoms with Gasteiger partial charge in [-0.25, -0.2) is 0 Å². The standard InChI is InChI=1S/C19H16ClN3O2S/c1-25-8-7-22-19(24)11-4-5-16-13(9-11)14-10-15(20)12-3-2-6-21-17(12)18(14)23-26-16/h2-6,9-10,23H,7-8H2,1H3,(H,22,24). The number of hydrogen-bond acceptors (Lipinski definition) is 5. The van der Waals surface area contributed by atoms with Crippen molar-refractivity contribution in [1.29, 1.82) is 0 Å². The van der Waals surface area contributed by atoms with Crippen molar-refractivity contribution in [2.45, 2.75) is 4.90 Å². The number of carbonyl (C=O) groups excluding carboxylic acids is 1. The number of rotatable bonds is 4. The second kappa shape index (κ2) is 7.15. The van der Waals surface area contributed by atoms with Gasteiger partial charge in [-0.15, -0.1) is 0 Å². The van der Waals surface area contributed by atoms with E-state index in [0.29, 0.717) is 23.7 Å². The highest BCUT2D eigenvalue weighted by molar-refractivity contribution is 8.00. The number of halogens is 1. The molecule has 0 bridgehead atoms. The summed E-state index contributed by atoms with van der Waals surface area (Å²) in [4.78, 5) is 17.9. The molecule has 0 unspecified atom stereocenters. The van der Waals surface area contributed by atoms with Crippen LogP contribution in [0.15, 0.2) is 47.5 Å². The van der Waals surface area contributed by atoms with Crippen LogP contribution in [0.5, 0.6) is 0 Å². The van der Waals surface area contributed by atoms with Gasteiger partial charge in [-0.1, -0.05) is 11.6 Å². The molecular weight excluding hydrogens is 370 g/mol. The SMILES string of the molecule is COCCNC(=O)c1ccc2c(c1)-c1cc(Cl)c3cccnc3c1NS2. The molecule has 3 aromatic rings. The lowest BCUT2D eigenvalue weighted by atomic mass is 9.98. The zero-order valence-corrected chi connectivity index (χ0v) is 15.6. The van der Waals surface area contributed by atoms with E-state index in [1.807, 2.05) is 36.4 Å². The molecule has 2 aromatic carbocycles. The summed E-state index contributed by atoms with van der Waals surface area (Å²) in [6.45, 7) is 0.951. The summed E-state index contributed by atoms with van der Waals surface area (Å²) in [6, 6.07) is 11.4. The Morgan fingerprint density at radius 2 is 2.19 bits per heavy atom. The number of ether oxygens (including phenoxy) is 1. The van der Waals surface area contributed by atoms with Crippen LogP contribution in [0.25, 0.3) is 22.0 Å². The average Bonchev–Trinajstić information content (AvgIpc) is 2.68. The van der Waals surface area contributed by atoms with Crippen LogP contribution < -0.4 is 10.0 Å². The van der Waals surface area contributed by atoms with Gasteiger partial charge in [-0.3, -0.25) is 9.78 Å². The van der Waals surface area contributed by atoms with Crippen LogP contribution in [-0.4, -0.2) is 31.2 Å². The van der Waals surface area contributed by atoms with E-state index in [4.69, 9.17) is 16.3 Å². The van der Waals surface area contributed by atoms with Crippen molar-refractivity contribution in [3.05, 3.63) is 53.2 Å². The van der Waals surface area contributed by atoms with E-state index < -0.39 is 0 Å². The van der Waals surface area contributed by atoms with E-state index in [1.165, 1.54) is 11.9 Å². The fourth-order valence-electron chi connectivity index (χ4n) is 2.96. The maximum Gasteiger partial charge on any atom is 0.251 e. The lowest BCUT2D eigenvalue weighted by molar-refractivity contribution is 0.0937. The summed E-state index contributed by atoms with van der Waals surface area (Å²) in [6.07, 6.45) is 1.75. The fourth-order valence-corrected chi connectivity index (χ4v) is 4.06. The molecule has 0 spiro atoms. The van der Waals surface area contributed by atoms with Gasteiger partial charge in [0, 0.05) is 46.8 Å². The monoisotopic (exact) mass is 385 g/mol. The van der Waals surface area contributed by atoms with Crippen molar-refractivity contribution in [2.24, 2.45) is 0 Å². The van der Waals surface area contributed by atoms with Crippen molar-refractivity contribution in [2.75, 3.05) is 25.0 Å². The molecule has 0 saturated heterocycles. The van der Waals surface area contributed by atoms with E-state index >= 15 is 0 Å². The summed E-state index contributed by atoms with van der Waals surface area (Å²) in [5, 5.41) is 4.39. The molecule has 2 heterocycles. The van der Waals surface area contributed by atoms with Crippen molar-refractivity contribution >= 4 is 46.0 Å². The van der Waals surface area contributed by atoms with Gasteiger partial charge in [0.25, 0.3) is 5.91 Å². The quantitative estimate of drug-likeness (QED) is 0.516. The molecule has 0 radical (unpaired) electrons. The van der Waals surface area contributed by atoms with E-state index in [-0.39, 0.29) is 5.91 Å². The summed E-state index contributed by atoms with van der Waals surface area (Å²) < 4.78 is 8.33. The molecule has 1 aromatic heterocycles. The predicted molar refractivity (Wildman–Crippen MR) is 106 cm³/mol. The summed E-state index contributed by atoms with van der Waals surface area (Å²) in [5.74, 6) is -0.125. The first-order valence-corrected chi connectivity index (χ1v) is 9.30. The maximum absolute atomic E-state index is 12.4. The fraction of sp³-hybridized carbons (Fsp3) is 0.158. The van der Waals surface area contributed by atoms with Crippen molar-refractivity contribution < 1.29 is 9.53 Å². The number of anilines is 1. The minimum Gasteiger partial charge on any atom is -0.383 e. The molecule has 132 valence electrons. The van der Waals surface area contributed by atoms with Crippen molar-refractivity contribution in [3.8, 4) is 11.1 Å². The molecule has 4 rings (SSSR count). The minimum atomic E-state index is -0.125. The van der Waals surface area contributed by atoms with Gasteiger partial charge in [0.1, 0.15) is 0 Å². The Labute approximate surface area is 160 Å². The van der Waals surface area contributed by atoms with Gasteiger partial charge < -0.3 is 14.8 Å². The zero-order chi connectivity index (χ0) is 18.1. The average molecular weight is 386 g/mol. The number of methoxy groups -OCH3 is 1. The number of hydrogen-bond donors (Lipinski definition) is 2. The molecule has 0 fully saturated rings. The molecule has 1 aliphatic heterocycles. The highest BCUT2D eigenvalue weighted by Gasteiger charge is 2.22. The molecule has 7 heteroatoms. The Bertz CT molecular complexity index is 1010. The lowest BCUT2D eigenvalue weighted by Crippen LogP contribution is -2.27. The maximum atomic E-state index is 12.4. The summed E-state index contributed by atoms with van der Waals surface area (Å²) in [7, 11) is 1.61. The second-order valence-electron chi connectivity index (χ2n) is 5.84. The number of pyridine rings is 1. The molecule has 0 saturated carbocycles. The minimum absolute atomic E-state index is 0.125. The normalized spacial score (nSPS) is 12.2. The van der Waals surface area contributed by atoms with Gasteiger partial charge in [0.2, 0.25) is 0 Å². The predicted octanol–water partition coefficient (Wildman–Crippen LogP) is 4.36. The number of nitrogens with one attached hydrogen (secondary N) is 2. The number of benzene rings is 2.